The normalized spacial score (nSPS) is 12.0. The molecule has 0 N–H and O–H groups in total. The van der Waals surface area contributed by atoms with Crippen LogP contribution in [0.25, 0.3) is 87.6 Å². The second kappa shape index (κ2) is 8.15. The lowest BCUT2D eigenvalue weighted by atomic mass is 9.86. The Morgan fingerprint density at radius 2 is 0.700 bits per heavy atom. The van der Waals surface area contributed by atoms with Crippen molar-refractivity contribution < 1.29 is 0 Å². The van der Waals surface area contributed by atoms with E-state index in [0.717, 1.165) is 0 Å². The van der Waals surface area contributed by atoms with Crippen LogP contribution in [0, 0.1) is 0 Å². The Balaban J connectivity index is 1.49. The maximum absolute atomic E-state index is 2.47. The molecule has 1 aliphatic rings. The summed E-state index contributed by atoms with van der Waals surface area (Å²) in [4.78, 5) is 0. The van der Waals surface area contributed by atoms with E-state index in [1.165, 1.54) is 87.6 Å². The SMILES string of the molecule is c1ccc(-c2cc3c4cc5c(cc4c(-c4ccccc4)cc3c3ccccc23)-c2cccc3cccc-5c23)cc1. The molecule has 8 aromatic rings. The molecule has 0 nitrogen and oxygen atoms in total. The lowest BCUT2D eigenvalue weighted by molar-refractivity contribution is 1.66. The highest BCUT2D eigenvalue weighted by Crippen LogP contribution is 2.51. The van der Waals surface area contributed by atoms with E-state index in [2.05, 4.69) is 146 Å². The first kappa shape index (κ1) is 21.7. The maximum atomic E-state index is 2.47. The second-order valence-corrected chi connectivity index (χ2v) is 10.9. The first-order valence-corrected chi connectivity index (χ1v) is 13.9. The van der Waals surface area contributed by atoms with Crippen molar-refractivity contribution >= 4 is 43.1 Å². The molecule has 9 rings (SSSR count). The Kier molecular flexibility index (Phi) is 4.42. The van der Waals surface area contributed by atoms with Gasteiger partial charge in [-0.2, -0.15) is 0 Å². The number of hydrogen-bond acceptors (Lipinski definition) is 0. The van der Waals surface area contributed by atoms with Gasteiger partial charge in [-0.3, -0.25) is 0 Å². The molecule has 0 aliphatic heterocycles. The van der Waals surface area contributed by atoms with Crippen LogP contribution in [0.3, 0.4) is 0 Å². The van der Waals surface area contributed by atoms with Crippen molar-refractivity contribution in [2.24, 2.45) is 0 Å². The molecule has 0 heteroatoms. The third kappa shape index (κ3) is 2.96. The van der Waals surface area contributed by atoms with E-state index in [-0.39, 0.29) is 0 Å². The van der Waals surface area contributed by atoms with Gasteiger partial charge in [-0.15, -0.1) is 0 Å². The van der Waals surface area contributed by atoms with Crippen molar-refractivity contribution in [1.29, 1.82) is 0 Å². The minimum Gasteiger partial charge on any atom is -0.0622 e. The summed E-state index contributed by atoms with van der Waals surface area (Å²) in [6.45, 7) is 0. The van der Waals surface area contributed by atoms with Crippen molar-refractivity contribution in [3.63, 3.8) is 0 Å². The average Bonchev–Trinajstić information content (AvgIpc) is 3.34. The summed E-state index contributed by atoms with van der Waals surface area (Å²) in [6, 6.07) is 53.8. The smallest absolute Gasteiger partial charge is 0.00264 e. The Bertz CT molecular complexity index is 2290. The highest BCUT2D eigenvalue weighted by atomic mass is 14.3. The molecule has 0 aromatic heterocycles. The van der Waals surface area contributed by atoms with Gasteiger partial charge in [0, 0.05) is 0 Å². The van der Waals surface area contributed by atoms with E-state index >= 15 is 0 Å². The van der Waals surface area contributed by atoms with Gasteiger partial charge in [0.1, 0.15) is 0 Å². The van der Waals surface area contributed by atoms with Crippen LogP contribution in [0.4, 0.5) is 0 Å². The van der Waals surface area contributed by atoms with E-state index in [0.29, 0.717) is 0 Å². The molecule has 40 heavy (non-hydrogen) atoms. The van der Waals surface area contributed by atoms with Crippen molar-refractivity contribution in [1.82, 2.24) is 0 Å². The molecule has 0 bridgehead atoms. The first-order valence-electron chi connectivity index (χ1n) is 13.9. The first-order chi connectivity index (χ1) is 19.8. The maximum Gasteiger partial charge on any atom is -0.00264 e. The Morgan fingerprint density at radius 1 is 0.250 bits per heavy atom. The van der Waals surface area contributed by atoms with Crippen molar-refractivity contribution in [3.8, 4) is 44.5 Å². The molecule has 0 spiro atoms. The summed E-state index contributed by atoms with van der Waals surface area (Å²) in [5, 5.41) is 10.5. The summed E-state index contributed by atoms with van der Waals surface area (Å²) in [5.74, 6) is 0. The van der Waals surface area contributed by atoms with Gasteiger partial charge in [0.25, 0.3) is 0 Å². The number of rotatable bonds is 2. The van der Waals surface area contributed by atoms with E-state index in [1.54, 1.807) is 0 Å². The van der Waals surface area contributed by atoms with Crippen LogP contribution in [0.2, 0.25) is 0 Å². The third-order valence-corrected chi connectivity index (χ3v) is 8.77. The van der Waals surface area contributed by atoms with E-state index < -0.39 is 0 Å². The molecular weight excluding hydrogens is 480 g/mol. The molecule has 0 fully saturated rings. The Labute approximate surface area is 232 Å². The zero-order valence-corrected chi connectivity index (χ0v) is 21.9. The molecule has 0 heterocycles. The fraction of sp³-hybridized carbons (Fsp3) is 0. The third-order valence-electron chi connectivity index (χ3n) is 8.77. The van der Waals surface area contributed by atoms with Crippen molar-refractivity contribution in [2.45, 2.75) is 0 Å². The van der Waals surface area contributed by atoms with Crippen LogP contribution < -0.4 is 0 Å². The van der Waals surface area contributed by atoms with Gasteiger partial charge in [0.2, 0.25) is 0 Å². The summed E-state index contributed by atoms with van der Waals surface area (Å²) in [5.41, 5.74) is 10.4. The fourth-order valence-corrected chi connectivity index (χ4v) is 6.99. The topological polar surface area (TPSA) is 0 Å². The number of benzene rings is 8. The predicted octanol–water partition coefficient (Wildman–Crippen LogP) is 11.3. The molecule has 184 valence electrons. The van der Waals surface area contributed by atoms with E-state index in [9.17, 15) is 0 Å². The van der Waals surface area contributed by atoms with Crippen LogP contribution in [0.5, 0.6) is 0 Å². The molecule has 8 aromatic carbocycles. The fourth-order valence-electron chi connectivity index (χ4n) is 6.99. The van der Waals surface area contributed by atoms with E-state index in [4.69, 9.17) is 0 Å². The van der Waals surface area contributed by atoms with Crippen LogP contribution in [0.15, 0.2) is 146 Å². The zero-order chi connectivity index (χ0) is 26.2. The quantitative estimate of drug-likeness (QED) is 0.205. The molecular formula is C40H24. The van der Waals surface area contributed by atoms with Crippen LogP contribution >= 0.6 is 0 Å². The number of hydrogen-bond donors (Lipinski definition) is 0. The lowest BCUT2D eigenvalue weighted by Crippen LogP contribution is -1.90. The minimum absolute atomic E-state index is 1.25. The Hall–Kier alpha value is -5.20. The van der Waals surface area contributed by atoms with Crippen LogP contribution in [0.1, 0.15) is 0 Å². The highest BCUT2D eigenvalue weighted by molar-refractivity contribution is 6.26. The molecule has 0 atom stereocenters. The molecule has 0 amide bonds. The van der Waals surface area contributed by atoms with Gasteiger partial charge < -0.3 is 0 Å². The second-order valence-electron chi connectivity index (χ2n) is 10.9. The van der Waals surface area contributed by atoms with Gasteiger partial charge in [-0.05, 0) is 112 Å². The Morgan fingerprint density at radius 3 is 1.32 bits per heavy atom. The van der Waals surface area contributed by atoms with Gasteiger partial charge in [0.05, 0.1) is 0 Å². The monoisotopic (exact) mass is 504 g/mol. The summed E-state index contributed by atoms with van der Waals surface area (Å²) in [7, 11) is 0. The zero-order valence-electron chi connectivity index (χ0n) is 21.9. The van der Waals surface area contributed by atoms with Crippen molar-refractivity contribution in [2.75, 3.05) is 0 Å². The standard InChI is InChI=1S/C40H24/c1-3-11-25(12-4-1)32-21-38-34(29-18-8-7-17-28(29)32)22-33(26-13-5-2-6-14-26)37-23-35-30-19-9-15-27-16-10-20-31(40(27)30)36(35)24-39(37)38/h1-24H. The minimum atomic E-state index is 1.25. The molecule has 0 saturated carbocycles. The molecule has 0 unspecified atom stereocenters. The summed E-state index contributed by atoms with van der Waals surface area (Å²) in [6.07, 6.45) is 0. The predicted molar refractivity (Wildman–Crippen MR) is 172 cm³/mol. The van der Waals surface area contributed by atoms with Crippen LogP contribution in [-0.4, -0.2) is 0 Å². The average molecular weight is 505 g/mol. The van der Waals surface area contributed by atoms with Crippen LogP contribution in [-0.2, 0) is 0 Å². The van der Waals surface area contributed by atoms with Gasteiger partial charge in [0.15, 0.2) is 0 Å². The molecule has 1 aliphatic carbocycles. The van der Waals surface area contributed by atoms with Crippen molar-refractivity contribution in [3.05, 3.63) is 146 Å². The van der Waals surface area contributed by atoms with Gasteiger partial charge in [-0.25, -0.2) is 0 Å². The lowest BCUT2D eigenvalue weighted by Gasteiger charge is -2.17. The highest BCUT2D eigenvalue weighted by Gasteiger charge is 2.23. The van der Waals surface area contributed by atoms with Gasteiger partial charge >= 0.3 is 0 Å². The molecule has 0 saturated heterocycles. The summed E-state index contributed by atoms with van der Waals surface area (Å²) < 4.78 is 0. The molecule has 0 radical (unpaired) electrons. The van der Waals surface area contributed by atoms with E-state index in [1.807, 2.05) is 0 Å². The number of fused-ring (bicyclic) bond motifs is 8. The summed E-state index contributed by atoms with van der Waals surface area (Å²) >= 11 is 0. The largest absolute Gasteiger partial charge is 0.0622 e. The van der Waals surface area contributed by atoms with Gasteiger partial charge in [-0.1, -0.05) is 121 Å².